The van der Waals surface area contributed by atoms with Crippen LogP contribution in [0, 0.1) is 11.3 Å². The van der Waals surface area contributed by atoms with E-state index in [-0.39, 0.29) is 17.5 Å². The molecule has 1 amide bonds. The van der Waals surface area contributed by atoms with Gasteiger partial charge < -0.3 is 10.6 Å². The van der Waals surface area contributed by atoms with Crippen LogP contribution in [0.25, 0.3) is 0 Å². The predicted octanol–water partition coefficient (Wildman–Crippen LogP) is 3.05. The van der Waals surface area contributed by atoms with Crippen LogP contribution in [-0.2, 0) is 4.79 Å². The van der Waals surface area contributed by atoms with E-state index in [9.17, 15) is 10.1 Å². The van der Waals surface area contributed by atoms with E-state index in [0.717, 1.165) is 24.0 Å². The molecule has 4 heteroatoms. The lowest BCUT2D eigenvalue weighted by molar-refractivity contribution is -0.117. The molecule has 1 saturated carbocycles. The van der Waals surface area contributed by atoms with Crippen LogP contribution in [0.3, 0.4) is 0 Å². The van der Waals surface area contributed by atoms with Crippen molar-refractivity contribution < 1.29 is 4.79 Å². The quantitative estimate of drug-likeness (QED) is 0.636. The minimum absolute atomic E-state index is 0.0961. The lowest BCUT2D eigenvalue weighted by atomic mass is 9.98. The predicted molar refractivity (Wildman–Crippen MR) is 92.7 cm³/mol. The van der Waals surface area contributed by atoms with E-state index in [4.69, 9.17) is 0 Å². The molecule has 0 unspecified atom stereocenters. The monoisotopic (exact) mass is 317 g/mol. The number of carbonyl (C=O) groups is 1. The first kappa shape index (κ1) is 15.8. The third kappa shape index (κ3) is 4.02. The first-order chi connectivity index (χ1) is 11.8. The Morgan fingerprint density at radius 1 is 1.04 bits per heavy atom. The lowest BCUT2D eigenvalue weighted by Crippen LogP contribution is -2.31. The van der Waals surface area contributed by atoms with Crippen molar-refractivity contribution >= 4 is 5.91 Å². The first-order valence-electron chi connectivity index (χ1n) is 8.05. The maximum Gasteiger partial charge on any atom is 0.264 e. The average molecular weight is 317 g/mol. The summed E-state index contributed by atoms with van der Waals surface area (Å²) in [5.74, 6) is -0.372. The molecule has 0 bridgehead atoms. The van der Waals surface area contributed by atoms with Crippen LogP contribution < -0.4 is 10.6 Å². The summed E-state index contributed by atoms with van der Waals surface area (Å²) in [5.41, 5.74) is 2.05. The fourth-order valence-electron chi connectivity index (χ4n) is 2.46. The molecule has 0 radical (unpaired) electrons. The number of rotatable bonds is 6. The largest absolute Gasteiger partial charge is 0.387 e. The van der Waals surface area contributed by atoms with Crippen LogP contribution in [0.15, 0.2) is 72.4 Å². The number of carbonyl (C=O) groups excluding carboxylic acids is 1. The fraction of sp³-hybridized carbons (Fsp3) is 0.200. The zero-order chi connectivity index (χ0) is 16.8. The number of benzene rings is 2. The molecule has 4 nitrogen and oxygen atoms in total. The maximum absolute atomic E-state index is 12.5. The summed E-state index contributed by atoms with van der Waals surface area (Å²) in [4.78, 5) is 12.5. The SMILES string of the molecule is N#C/C(=C/NC1CC1)C(=O)NC(c1ccccc1)c1ccccc1. The van der Waals surface area contributed by atoms with Gasteiger partial charge in [-0.1, -0.05) is 60.7 Å². The van der Waals surface area contributed by atoms with Gasteiger partial charge in [-0.15, -0.1) is 0 Å². The third-order valence-electron chi connectivity index (χ3n) is 3.95. The first-order valence-corrected chi connectivity index (χ1v) is 8.05. The lowest BCUT2D eigenvalue weighted by Gasteiger charge is -2.19. The molecule has 0 aromatic heterocycles. The van der Waals surface area contributed by atoms with Gasteiger partial charge in [-0.05, 0) is 24.0 Å². The van der Waals surface area contributed by atoms with Crippen molar-refractivity contribution in [1.29, 1.82) is 5.26 Å². The van der Waals surface area contributed by atoms with E-state index >= 15 is 0 Å². The van der Waals surface area contributed by atoms with Crippen LogP contribution >= 0.6 is 0 Å². The normalized spacial score (nSPS) is 14.1. The second-order valence-electron chi connectivity index (χ2n) is 5.84. The second-order valence-corrected chi connectivity index (χ2v) is 5.84. The van der Waals surface area contributed by atoms with Gasteiger partial charge in [-0.3, -0.25) is 4.79 Å². The molecule has 0 heterocycles. The second kappa shape index (κ2) is 7.47. The molecule has 1 fully saturated rings. The van der Waals surface area contributed by atoms with Gasteiger partial charge in [0.1, 0.15) is 11.6 Å². The number of nitrogens with zero attached hydrogens (tertiary/aromatic N) is 1. The number of hydrogen-bond acceptors (Lipinski definition) is 3. The molecule has 0 saturated heterocycles. The summed E-state index contributed by atoms with van der Waals surface area (Å²) in [6.45, 7) is 0. The van der Waals surface area contributed by atoms with Crippen LogP contribution in [-0.4, -0.2) is 11.9 Å². The Morgan fingerprint density at radius 2 is 1.58 bits per heavy atom. The van der Waals surface area contributed by atoms with Gasteiger partial charge in [-0.25, -0.2) is 0 Å². The maximum atomic E-state index is 12.5. The summed E-state index contributed by atoms with van der Waals surface area (Å²) < 4.78 is 0. The Bertz CT molecular complexity index is 719. The molecule has 0 spiro atoms. The molecule has 24 heavy (non-hydrogen) atoms. The summed E-state index contributed by atoms with van der Waals surface area (Å²) in [7, 11) is 0. The molecular formula is C20H19N3O. The van der Waals surface area contributed by atoms with Crippen molar-refractivity contribution in [1.82, 2.24) is 10.6 Å². The van der Waals surface area contributed by atoms with E-state index in [1.807, 2.05) is 66.7 Å². The highest BCUT2D eigenvalue weighted by molar-refractivity contribution is 5.97. The number of nitrogens with one attached hydrogen (secondary N) is 2. The molecule has 0 atom stereocenters. The van der Waals surface area contributed by atoms with Crippen molar-refractivity contribution in [2.45, 2.75) is 24.9 Å². The van der Waals surface area contributed by atoms with Gasteiger partial charge in [0, 0.05) is 12.2 Å². The van der Waals surface area contributed by atoms with E-state index in [0.29, 0.717) is 6.04 Å². The standard InChI is InChI=1S/C20H19N3O/c21-13-17(14-22-18-11-12-18)20(24)23-19(15-7-3-1-4-8-15)16-9-5-2-6-10-16/h1-10,14,18-19,22H,11-12H2,(H,23,24)/b17-14-. The smallest absolute Gasteiger partial charge is 0.264 e. The Balaban J connectivity index is 1.82. The minimum atomic E-state index is -0.372. The molecular weight excluding hydrogens is 298 g/mol. The Morgan fingerprint density at radius 3 is 2.04 bits per heavy atom. The molecule has 120 valence electrons. The van der Waals surface area contributed by atoms with Crippen molar-refractivity contribution in [3.05, 3.63) is 83.6 Å². The summed E-state index contributed by atoms with van der Waals surface area (Å²) in [6, 6.07) is 21.6. The van der Waals surface area contributed by atoms with Gasteiger partial charge >= 0.3 is 0 Å². The number of hydrogen-bond donors (Lipinski definition) is 2. The van der Waals surface area contributed by atoms with Crippen LogP contribution in [0.5, 0.6) is 0 Å². The average Bonchev–Trinajstić information content (AvgIpc) is 3.46. The number of amides is 1. The summed E-state index contributed by atoms with van der Waals surface area (Å²) >= 11 is 0. The highest BCUT2D eigenvalue weighted by Gasteiger charge is 2.22. The molecule has 3 rings (SSSR count). The number of nitriles is 1. The topological polar surface area (TPSA) is 64.9 Å². The van der Waals surface area contributed by atoms with E-state index in [1.54, 1.807) is 0 Å². The van der Waals surface area contributed by atoms with Crippen LogP contribution in [0.1, 0.15) is 30.0 Å². The zero-order valence-corrected chi connectivity index (χ0v) is 13.3. The Hall–Kier alpha value is -3.06. The highest BCUT2D eigenvalue weighted by atomic mass is 16.1. The fourth-order valence-corrected chi connectivity index (χ4v) is 2.46. The Kier molecular flexibility index (Phi) is 4.93. The van der Waals surface area contributed by atoms with Gasteiger partial charge in [-0.2, -0.15) is 5.26 Å². The van der Waals surface area contributed by atoms with E-state index in [2.05, 4.69) is 10.6 Å². The zero-order valence-electron chi connectivity index (χ0n) is 13.3. The molecule has 2 N–H and O–H groups in total. The Labute approximate surface area is 141 Å². The molecule has 2 aromatic carbocycles. The van der Waals surface area contributed by atoms with Crippen molar-refractivity contribution in [3.8, 4) is 6.07 Å². The molecule has 2 aromatic rings. The van der Waals surface area contributed by atoms with Crippen LogP contribution in [0.4, 0.5) is 0 Å². The van der Waals surface area contributed by atoms with E-state index < -0.39 is 0 Å². The molecule has 1 aliphatic rings. The van der Waals surface area contributed by atoms with Gasteiger partial charge in [0.2, 0.25) is 0 Å². The van der Waals surface area contributed by atoms with Gasteiger partial charge in [0.25, 0.3) is 5.91 Å². The highest BCUT2D eigenvalue weighted by Crippen LogP contribution is 2.22. The summed E-state index contributed by atoms with van der Waals surface area (Å²) in [5, 5.41) is 15.3. The van der Waals surface area contributed by atoms with Crippen molar-refractivity contribution in [2.24, 2.45) is 0 Å². The third-order valence-corrected chi connectivity index (χ3v) is 3.95. The van der Waals surface area contributed by atoms with Gasteiger partial charge in [0.05, 0.1) is 6.04 Å². The summed E-state index contributed by atoms with van der Waals surface area (Å²) in [6.07, 6.45) is 3.71. The van der Waals surface area contributed by atoms with Crippen molar-refractivity contribution in [2.75, 3.05) is 0 Å². The van der Waals surface area contributed by atoms with E-state index in [1.165, 1.54) is 6.20 Å². The minimum Gasteiger partial charge on any atom is -0.387 e. The molecule has 1 aliphatic carbocycles. The van der Waals surface area contributed by atoms with Crippen molar-refractivity contribution in [3.63, 3.8) is 0 Å². The molecule has 0 aliphatic heterocycles. The van der Waals surface area contributed by atoms with Crippen LogP contribution in [0.2, 0.25) is 0 Å². The van der Waals surface area contributed by atoms with Gasteiger partial charge in [0.15, 0.2) is 0 Å².